The highest BCUT2D eigenvalue weighted by Crippen LogP contribution is 2.45. The van der Waals surface area contributed by atoms with Gasteiger partial charge in [-0.3, -0.25) is 19.5 Å². The fraction of sp³-hybridized carbons (Fsp3) is 0.407. The average molecular weight is 486 g/mol. The first-order valence-corrected chi connectivity index (χ1v) is 13.1. The quantitative estimate of drug-likeness (QED) is 0.558. The number of anilines is 1. The third kappa shape index (κ3) is 3.70. The molecule has 0 bridgehead atoms. The van der Waals surface area contributed by atoms with Crippen LogP contribution in [0.2, 0.25) is 0 Å². The molecule has 1 unspecified atom stereocenters. The van der Waals surface area contributed by atoms with Crippen LogP contribution in [0.5, 0.6) is 0 Å². The van der Waals surface area contributed by atoms with Crippen LogP contribution in [0.25, 0.3) is 21.3 Å². The molecule has 2 amide bonds. The Labute approximate surface area is 208 Å². The number of nitriles is 1. The monoisotopic (exact) mass is 485 g/mol. The number of aryl methyl sites for hydroxylation is 1. The molecule has 2 aromatic heterocycles. The summed E-state index contributed by atoms with van der Waals surface area (Å²) in [5, 5.41) is 13.3. The van der Waals surface area contributed by atoms with Gasteiger partial charge in [-0.2, -0.15) is 5.26 Å². The van der Waals surface area contributed by atoms with E-state index in [4.69, 9.17) is 0 Å². The van der Waals surface area contributed by atoms with Gasteiger partial charge in [-0.25, -0.2) is 0 Å². The van der Waals surface area contributed by atoms with E-state index in [0.29, 0.717) is 11.6 Å². The van der Waals surface area contributed by atoms with Crippen molar-refractivity contribution in [3.8, 4) is 17.2 Å². The van der Waals surface area contributed by atoms with E-state index in [0.717, 1.165) is 65.1 Å². The average Bonchev–Trinajstić information content (AvgIpc) is 3.62. The van der Waals surface area contributed by atoms with Gasteiger partial charge in [0, 0.05) is 59.9 Å². The number of carbonyl (C=O) groups is 2. The number of nitrogens with zero attached hydrogens (tertiary/aromatic N) is 4. The number of benzene rings is 1. The molecule has 3 aliphatic rings. The van der Waals surface area contributed by atoms with Crippen LogP contribution in [0.3, 0.4) is 0 Å². The van der Waals surface area contributed by atoms with Gasteiger partial charge < -0.3 is 10.2 Å². The Morgan fingerprint density at radius 3 is 2.74 bits per heavy atom. The summed E-state index contributed by atoms with van der Waals surface area (Å²) in [5.74, 6) is -0.213. The lowest BCUT2D eigenvalue weighted by molar-refractivity contribution is -0.140. The van der Waals surface area contributed by atoms with Crippen LogP contribution in [-0.4, -0.2) is 47.4 Å². The predicted molar refractivity (Wildman–Crippen MR) is 136 cm³/mol. The Bertz CT molecular complexity index is 1370. The zero-order chi connectivity index (χ0) is 24.1. The molecule has 0 radical (unpaired) electrons. The van der Waals surface area contributed by atoms with Crippen molar-refractivity contribution in [3.63, 3.8) is 0 Å². The van der Waals surface area contributed by atoms with Crippen molar-refractivity contribution in [1.29, 1.82) is 5.26 Å². The molecule has 1 N–H and O–H groups in total. The zero-order valence-corrected chi connectivity index (χ0v) is 20.5. The molecule has 7 nitrogen and oxygen atoms in total. The number of aromatic nitrogens is 1. The molecule has 35 heavy (non-hydrogen) atoms. The molecule has 2 saturated heterocycles. The Balaban J connectivity index is 1.50. The number of imide groups is 1. The minimum Gasteiger partial charge on any atom is -0.366 e. The number of pyridine rings is 1. The lowest BCUT2D eigenvalue weighted by atomic mass is 9.90. The lowest BCUT2D eigenvalue weighted by Gasteiger charge is -2.38. The van der Waals surface area contributed by atoms with Crippen molar-refractivity contribution in [1.82, 2.24) is 15.2 Å². The Kier molecular flexibility index (Phi) is 5.54. The largest absolute Gasteiger partial charge is 0.366 e. The van der Waals surface area contributed by atoms with Crippen LogP contribution < -0.4 is 10.2 Å². The number of amides is 2. The van der Waals surface area contributed by atoms with E-state index in [1.165, 1.54) is 16.2 Å². The fourth-order valence-corrected chi connectivity index (χ4v) is 7.03. The normalized spacial score (nSPS) is 21.0. The highest BCUT2D eigenvalue weighted by molar-refractivity contribution is 7.19. The number of rotatable bonds is 4. The highest BCUT2D eigenvalue weighted by Gasteiger charge is 2.35. The van der Waals surface area contributed by atoms with Gasteiger partial charge in [-0.1, -0.05) is 0 Å². The number of thiophene rings is 1. The first-order valence-electron chi connectivity index (χ1n) is 12.3. The van der Waals surface area contributed by atoms with Crippen LogP contribution in [0.15, 0.2) is 30.5 Å². The summed E-state index contributed by atoms with van der Waals surface area (Å²) in [5.41, 5.74) is 6.14. The molecule has 0 aliphatic carbocycles. The van der Waals surface area contributed by atoms with E-state index in [2.05, 4.69) is 27.3 Å². The van der Waals surface area contributed by atoms with Gasteiger partial charge in [0.25, 0.3) is 0 Å². The van der Waals surface area contributed by atoms with E-state index >= 15 is 0 Å². The second-order valence-corrected chi connectivity index (χ2v) is 10.7. The molecule has 8 heteroatoms. The third-order valence-corrected chi connectivity index (χ3v) is 8.86. The topological polar surface area (TPSA) is 89.3 Å². The van der Waals surface area contributed by atoms with Crippen molar-refractivity contribution in [3.05, 3.63) is 46.5 Å². The van der Waals surface area contributed by atoms with Gasteiger partial charge in [0.2, 0.25) is 11.8 Å². The SMILES string of the molecule is C[C@@H](c1cc2nccc(-c3cc(C#N)cc4c3N(C3CCNC3)CCC4)c2s1)N1C(=O)CCC1=O. The van der Waals surface area contributed by atoms with Gasteiger partial charge in [0.15, 0.2) is 0 Å². The van der Waals surface area contributed by atoms with Gasteiger partial charge >= 0.3 is 0 Å². The highest BCUT2D eigenvalue weighted by atomic mass is 32.1. The Morgan fingerprint density at radius 1 is 1.17 bits per heavy atom. The van der Waals surface area contributed by atoms with E-state index in [1.54, 1.807) is 11.3 Å². The molecule has 3 aromatic rings. The predicted octanol–water partition coefficient (Wildman–Crippen LogP) is 4.16. The van der Waals surface area contributed by atoms with Crippen LogP contribution in [0, 0.1) is 11.3 Å². The molecular formula is C27H27N5O2S. The van der Waals surface area contributed by atoms with Gasteiger partial charge in [-0.05, 0) is 62.6 Å². The summed E-state index contributed by atoms with van der Waals surface area (Å²) in [6, 6.07) is 10.6. The second-order valence-electron chi connectivity index (χ2n) is 9.64. The third-order valence-electron chi connectivity index (χ3n) is 7.54. The van der Waals surface area contributed by atoms with E-state index < -0.39 is 0 Å². The molecule has 0 spiro atoms. The number of hydrogen-bond acceptors (Lipinski definition) is 7. The second kappa shape index (κ2) is 8.74. The fourth-order valence-electron chi connectivity index (χ4n) is 5.84. The number of fused-ring (bicyclic) bond motifs is 2. The number of likely N-dealkylation sites (tertiary alicyclic amines) is 1. The minimum absolute atomic E-state index is 0.107. The molecule has 5 heterocycles. The van der Waals surface area contributed by atoms with Crippen LogP contribution >= 0.6 is 11.3 Å². The van der Waals surface area contributed by atoms with Gasteiger partial charge in [0.1, 0.15) is 0 Å². The van der Waals surface area contributed by atoms with E-state index in [-0.39, 0.29) is 30.7 Å². The molecule has 6 rings (SSSR count). The summed E-state index contributed by atoms with van der Waals surface area (Å²) in [6.45, 7) is 4.93. The Morgan fingerprint density at radius 2 is 2.00 bits per heavy atom. The smallest absolute Gasteiger partial charge is 0.230 e. The van der Waals surface area contributed by atoms with Crippen molar-refractivity contribution >= 4 is 39.1 Å². The molecular weight excluding hydrogens is 458 g/mol. The minimum atomic E-state index is -0.315. The van der Waals surface area contributed by atoms with Crippen molar-refractivity contribution in [2.45, 2.75) is 51.1 Å². The number of nitrogens with one attached hydrogen (secondary N) is 1. The number of carbonyl (C=O) groups excluding carboxylic acids is 2. The molecule has 2 fully saturated rings. The summed E-state index contributed by atoms with van der Waals surface area (Å²) in [4.78, 5) is 34.2. The summed E-state index contributed by atoms with van der Waals surface area (Å²) in [6.07, 6.45) is 5.56. The summed E-state index contributed by atoms with van der Waals surface area (Å²) < 4.78 is 1.03. The first-order chi connectivity index (χ1) is 17.0. The summed E-state index contributed by atoms with van der Waals surface area (Å²) >= 11 is 1.59. The molecule has 3 aliphatic heterocycles. The standard InChI is InChI=1S/C27H27N5O2S/c1-16(32-24(33)4-5-25(32)34)23-13-22-27(35-23)20(7-9-30-22)21-12-17(14-28)11-18-3-2-10-31(26(18)21)19-6-8-29-15-19/h7,9,11-13,16,19,29H,2-6,8,10,15H2,1H3/t16-,19?/m0/s1. The van der Waals surface area contributed by atoms with Crippen molar-refractivity contribution < 1.29 is 9.59 Å². The van der Waals surface area contributed by atoms with Crippen LogP contribution in [0.1, 0.15) is 54.7 Å². The molecule has 0 saturated carbocycles. The van der Waals surface area contributed by atoms with Crippen LogP contribution in [0.4, 0.5) is 5.69 Å². The van der Waals surface area contributed by atoms with Crippen LogP contribution in [-0.2, 0) is 16.0 Å². The van der Waals surface area contributed by atoms with Crippen molar-refractivity contribution in [2.24, 2.45) is 0 Å². The molecule has 2 atom stereocenters. The lowest BCUT2D eigenvalue weighted by Crippen LogP contribution is -2.40. The summed E-state index contributed by atoms with van der Waals surface area (Å²) in [7, 11) is 0. The molecule has 1 aromatic carbocycles. The zero-order valence-electron chi connectivity index (χ0n) is 19.7. The van der Waals surface area contributed by atoms with E-state index in [9.17, 15) is 14.9 Å². The maximum absolute atomic E-state index is 12.3. The van der Waals surface area contributed by atoms with Gasteiger partial charge in [0.05, 0.1) is 27.9 Å². The van der Waals surface area contributed by atoms with E-state index in [1.807, 2.05) is 31.3 Å². The first kappa shape index (κ1) is 22.2. The van der Waals surface area contributed by atoms with Gasteiger partial charge in [-0.15, -0.1) is 11.3 Å². The molecule has 178 valence electrons. The maximum atomic E-state index is 12.3. The van der Waals surface area contributed by atoms with Crippen molar-refractivity contribution in [2.75, 3.05) is 24.5 Å². The number of hydrogen-bond donors (Lipinski definition) is 1. The Hall–Kier alpha value is -3.28. The maximum Gasteiger partial charge on any atom is 0.230 e.